The maximum atomic E-state index is 12.2. The Balaban J connectivity index is 1.37. The van der Waals surface area contributed by atoms with E-state index in [2.05, 4.69) is 22.3 Å². The van der Waals surface area contributed by atoms with Gasteiger partial charge in [-0.15, -0.1) is 0 Å². The lowest BCUT2D eigenvalue weighted by Crippen LogP contribution is -2.57. The summed E-state index contributed by atoms with van der Waals surface area (Å²) in [4.78, 5) is 15.7. The number of nitrogens with one attached hydrogen (secondary N) is 1. The molecule has 0 spiro atoms. The van der Waals surface area contributed by atoms with E-state index in [9.17, 15) is 4.79 Å². The zero-order chi connectivity index (χ0) is 15.6. The summed E-state index contributed by atoms with van der Waals surface area (Å²) < 4.78 is 5.48. The van der Waals surface area contributed by atoms with Crippen LogP contribution in [0.25, 0.3) is 10.4 Å². The van der Waals surface area contributed by atoms with Crippen LogP contribution < -0.4 is 10.1 Å². The SMILES string of the molecule is O=C(NC1CN2CCC1CC2)Oc1ccc(-c2ccccc2)s1. The van der Waals surface area contributed by atoms with Gasteiger partial charge in [0.1, 0.15) is 0 Å². The van der Waals surface area contributed by atoms with Crippen molar-refractivity contribution < 1.29 is 9.53 Å². The van der Waals surface area contributed by atoms with Crippen LogP contribution in [0, 0.1) is 5.92 Å². The number of carbonyl (C=O) groups excluding carboxylic acids is 1. The Morgan fingerprint density at radius 3 is 2.61 bits per heavy atom. The average molecular weight is 328 g/mol. The molecule has 0 saturated carbocycles. The van der Waals surface area contributed by atoms with Crippen molar-refractivity contribution >= 4 is 17.4 Å². The summed E-state index contributed by atoms with van der Waals surface area (Å²) in [6.45, 7) is 3.30. The number of benzene rings is 1. The Labute approximate surface area is 140 Å². The van der Waals surface area contributed by atoms with Crippen LogP contribution in [-0.2, 0) is 0 Å². The van der Waals surface area contributed by atoms with Crippen LogP contribution >= 0.6 is 11.3 Å². The van der Waals surface area contributed by atoms with Gasteiger partial charge < -0.3 is 15.0 Å². The van der Waals surface area contributed by atoms with Gasteiger partial charge in [-0.25, -0.2) is 4.79 Å². The molecule has 2 bridgehead atoms. The summed E-state index contributed by atoms with van der Waals surface area (Å²) in [5, 5.41) is 3.69. The Morgan fingerprint density at radius 1 is 1.13 bits per heavy atom. The Morgan fingerprint density at radius 2 is 1.91 bits per heavy atom. The van der Waals surface area contributed by atoms with Crippen LogP contribution in [-0.4, -0.2) is 36.7 Å². The average Bonchev–Trinajstić information content (AvgIpc) is 3.05. The van der Waals surface area contributed by atoms with E-state index in [1.54, 1.807) is 0 Å². The quantitative estimate of drug-likeness (QED) is 0.936. The molecule has 3 fully saturated rings. The van der Waals surface area contributed by atoms with E-state index in [1.165, 1.54) is 37.3 Å². The van der Waals surface area contributed by atoms with Gasteiger partial charge in [0.2, 0.25) is 0 Å². The van der Waals surface area contributed by atoms with Gasteiger partial charge in [-0.2, -0.15) is 0 Å². The van der Waals surface area contributed by atoms with Gasteiger partial charge in [0, 0.05) is 17.5 Å². The fraction of sp³-hybridized carbons (Fsp3) is 0.389. The third kappa shape index (κ3) is 3.26. The van der Waals surface area contributed by atoms with Crippen molar-refractivity contribution in [1.29, 1.82) is 0 Å². The molecule has 2 aromatic rings. The number of fused-ring (bicyclic) bond motifs is 3. The second-order valence-electron chi connectivity index (χ2n) is 6.26. The van der Waals surface area contributed by atoms with Crippen molar-refractivity contribution in [2.45, 2.75) is 18.9 Å². The highest BCUT2D eigenvalue weighted by atomic mass is 32.1. The summed E-state index contributed by atoms with van der Waals surface area (Å²) in [6, 6.07) is 14.2. The first-order chi connectivity index (χ1) is 11.3. The fourth-order valence-electron chi connectivity index (χ4n) is 3.53. The molecule has 23 heavy (non-hydrogen) atoms. The molecular weight excluding hydrogens is 308 g/mol. The minimum Gasteiger partial charge on any atom is -0.399 e. The molecule has 1 atom stereocenters. The Kier molecular flexibility index (Phi) is 4.06. The largest absolute Gasteiger partial charge is 0.413 e. The molecular formula is C18H20N2O2S. The van der Waals surface area contributed by atoms with Gasteiger partial charge in [0.15, 0.2) is 5.06 Å². The van der Waals surface area contributed by atoms with Crippen LogP contribution in [0.4, 0.5) is 4.79 Å². The van der Waals surface area contributed by atoms with Gasteiger partial charge in [0.05, 0.1) is 0 Å². The van der Waals surface area contributed by atoms with Crippen molar-refractivity contribution in [1.82, 2.24) is 10.2 Å². The summed E-state index contributed by atoms with van der Waals surface area (Å²) >= 11 is 1.50. The molecule has 5 rings (SSSR count). The highest BCUT2D eigenvalue weighted by Gasteiger charge is 2.35. The first-order valence-corrected chi connectivity index (χ1v) is 8.95. The van der Waals surface area contributed by atoms with Crippen molar-refractivity contribution in [3.63, 3.8) is 0 Å². The van der Waals surface area contributed by atoms with E-state index >= 15 is 0 Å². The van der Waals surface area contributed by atoms with Gasteiger partial charge in [-0.05, 0) is 49.5 Å². The zero-order valence-corrected chi connectivity index (χ0v) is 13.7. The van der Waals surface area contributed by atoms with Gasteiger partial charge in [-0.1, -0.05) is 41.7 Å². The number of amides is 1. The highest BCUT2D eigenvalue weighted by Crippen LogP contribution is 2.33. The zero-order valence-electron chi connectivity index (χ0n) is 12.9. The van der Waals surface area contributed by atoms with Gasteiger partial charge in [-0.3, -0.25) is 0 Å². The summed E-state index contributed by atoms with van der Waals surface area (Å²) in [7, 11) is 0. The van der Waals surface area contributed by atoms with Crippen LogP contribution in [0.5, 0.6) is 5.06 Å². The molecule has 4 nitrogen and oxygen atoms in total. The maximum Gasteiger partial charge on any atom is 0.413 e. The number of hydrogen-bond acceptors (Lipinski definition) is 4. The molecule has 1 unspecified atom stereocenters. The molecule has 1 aromatic heterocycles. The van der Waals surface area contributed by atoms with Gasteiger partial charge >= 0.3 is 6.09 Å². The lowest BCUT2D eigenvalue weighted by atomic mass is 9.84. The molecule has 120 valence electrons. The molecule has 5 heteroatoms. The van der Waals surface area contributed by atoms with Crippen molar-refractivity contribution in [3.05, 3.63) is 42.5 Å². The third-order valence-corrected chi connectivity index (χ3v) is 5.80. The number of ether oxygens (including phenoxy) is 1. The summed E-state index contributed by atoms with van der Waals surface area (Å²) in [6.07, 6.45) is 2.04. The normalized spacial score (nSPS) is 26.0. The number of carbonyl (C=O) groups is 1. The van der Waals surface area contributed by atoms with Gasteiger partial charge in [0.25, 0.3) is 0 Å². The lowest BCUT2D eigenvalue weighted by Gasteiger charge is -2.44. The lowest BCUT2D eigenvalue weighted by molar-refractivity contribution is 0.0726. The van der Waals surface area contributed by atoms with E-state index in [0.717, 1.165) is 17.0 Å². The number of rotatable bonds is 3. The molecule has 3 aliphatic heterocycles. The number of piperidine rings is 3. The van der Waals surface area contributed by atoms with Crippen LogP contribution in [0.2, 0.25) is 0 Å². The van der Waals surface area contributed by atoms with E-state index in [1.807, 2.05) is 30.3 Å². The number of thiophene rings is 1. The summed E-state index contributed by atoms with van der Waals surface area (Å²) in [5.41, 5.74) is 1.14. The first kappa shape index (κ1) is 14.7. The second kappa shape index (κ2) is 6.34. The molecule has 1 aromatic carbocycles. The monoisotopic (exact) mass is 328 g/mol. The van der Waals surface area contributed by atoms with E-state index in [0.29, 0.717) is 11.0 Å². The van der Waals surface area contributed by atoms with E-state index < -0.39 is 0 Å². The molecule has 3 saturated heterocycles. The smallest absolute Gasteiger partial charge is 0.399 e. The Hall–Kier alpha value is -1.85. The van der Waals surface area contributed by atoms with Crippen LogP contribution in [0.1, 0.15) is 12.8 Å². The molecule has 1 N–H and O–H groups in total. The summed E-state index contributed by atoms with van der Waals surface area (Å²) in [5.74, 6) is 0.607. The number of nitrogens with zero attached hydrogens (tertiary/aromatic N) is 1. The number of hydrogen-bond donors (Lipinski definition) is 1. The topological polar surface area (TPSA) is 41.6 Å². The molecule has 1 amide bonds. The second-order valence-corrected chi connectivity index (χ2v) is 7.31. The minimum absolute atomic E-state index is 0.235. The van der Waals surface area contributed by atoms with Crippen molar-refractivity contribution in [2.75, 3.05) is 19.6 Å². The molecule has 3 aliphatic rings. The molecule has 0 radical (unpaired) electrons. The third-order valence-electron chi connectivity index (χ3n) is 4.79. The fourth-order valence-corrected chi connectivity index (χ4v) is 4.39. The van der Waals surface area contributed by atoms with Crippen molar-refractivity contribution in [2.24, 2.45) is 5.92 Å². The van der Waals surface area contributed by atoms with E-state index in [-0.39, 0.29) is 12.1 Å². The Bertz CT molecular complexity index is 677. The predicted molar refractivity (Wildman–Crippen MR) is 91.9 cm³/mol. The van der Waals surface area contributed by atoms with Crippen molar-refractivity contribution in [3.8, 4) is 15.5 Å². The highest BCUT2D eigenvalue weighted by molar-refractivity contribution is 7.17. The standard InChI is InChI=1S/C18H20N2O2S/c21-18(19-15-12-20-10-8-13(15)9-11-20)22-17-7-6-16(23-17)14-4-2-1-3-5-14/h1-7,13,15H,8-12H2,(H,19,21). The van der Waals surface area contributed by atoms with E-state index in [4.69, 9.17) is 4.74 Å². The predicted octanol–water partition coefficient (Wildman–Crippen LogP) is 3.60. The first-order valence-electron chi connectivity index (χ1n) is 8.14. The van der Waals surface area contributed by atoms with Crippen LogP contribution in [0.3, 0.4) is 0 Å². The minimum atomic E-state index is -0.329. The van der Waals surface area contributed by atoms with Crippen LogP contribution in [0.15, 0.2) is 42.5 Å². The molecule has 4 heterocycles. The maximum absolute atomic E-state index is 12.2. The molecule has 0 aliphatic carbocycles.